The van der Waals surface area contributed by atoms with E-state index in [1.807, 2.05) is 60.3 Å². The third-order valence-corrected chi connectivity index (χ3v) is 8.05. The van der Waals surface area contributed by atoms with Crippen molar-refractivity contribution in [3.05, 3.63) is 83.3 Å². The second kappa shape index (κ2) is 9.32. The molecule has 2 N–H and O–H groups in total. The Labute approximate surface area is 206 Å². The van der Waals surface area contributed by atoms with E-state index in [1.54, 1.807) is 11.8 Å². The van der Waals surface area contributed by atoms with E-state index in [0.717, 1.165) is 42.1 Å². The van der Waals surface area contributed by atoms with Crippen molar-refractivity contribution in [1.29, 1.82) is 0 Å². The summed E-state index contributed by atoms with van der Waals surface area (Å²) in [5.74, 6) is 2.14. The molecular formula is C25H24N6OS2. The molecule has 1 saturated heterocycles. The number of carbonyl (C=O) groups excluding carboxylic acids is 1. The van der Waals surface area contributed by atoms with Crippen LogP contribution in [0.15, 0.2) is 72.0 Å². The van der Waals surface area contributed by atoms with Gasteiger partial charge in [-0.1, -0.05) is 42.1 Å². The zero-order valence-electron chi connectivity index (χ0n) is 18.5. The molecule has 1 fully saturated rings. The molecule has 34 heavy (non-hydrogen) atoms. The number of para-hydroxylation sites is 3. The van der Waals surface area contributed by atoms with Crippen molar-refractivity contribution in [2.75, 3.05) is 36.5 Å². The molecule has 3 aliphatic heterocycles. The van der Waals surface area contributed by atoms with E-state index in [2.05, 4.69) is 42.0 Å². The maximum Gasteiger partial charge on any atom is 0.275 e. The summed E-state index contributed by atoms with van der Waals surface area (Å²) in [6, 6.07) is 15.4. The number of carbonyl (C=O) groups is 1. The minimum Gasteiger partial charge on any atom is -0.354 e. The minimum absolute atomic E-state index is 0.152. The molecule has 1 atom stereocenters. The molecular weight excluding hydrogens is 464 g/mol. The van der Waals surface area contributed by atoms with E-state index in [4.69, 9.17) is 0 Å². The summed E-state index contributed by atoms with van der Waals surface area (Å²) < 4.78 is 0. The first-order valence-electron chi connectivity index (χ1n) is 11.3. The van der Waals surface area contributed by atoms with Crippen LogP contribution in [0.1, 0.15) is 16.1 Å². The first kappa shape index (κ1) is 21.5. The summed E-state index contributed by atoms with van der Waals surface area (Å²) in [4.78, 5) is 26.7. The molecule has 0 saturated carbocycles. The fraction of sp³-hybridized carbons (Fsp3) is 0.240. The predicted octanol–water partition coefficient (Wildman–Crippen LogP) is 4.01. The predicted molar refractivity (Wildman–Crippen MR) is 140 cm³/mol. The van der Waals surface area contributed by atoms with Gasteiger partial charge in [0.15, 0.2) is 5.50 Å². The van der Waals surface area contributed by atoms with Crippen molar-refractivity contribution in [2.45, 2.75) is 5.50 Å². The highest BCUT2D eigenvalue weighted by atomic mass is 32.2. The molecule has 0 spiro atoms. The van der Waals surface area contributed by atoms with Crippen molar-refractivity contribution in [3.63, 3.8) is 0 Å². The summed E-state index contributed by atoms with van der Waals surface area (Å²) >= 11 is 3.82. The molecule has 9 heteroatoms. The van der Waals surface area contributed by atoms with Crippen LogP contribution in [-0.4, -0.2) is 62.3 Å². The number of aromatic nitrogens is 2. The van der Waals surface area contributed by atoms with Gasteiger partial charge in [-0.3, -0.25) is 14.7 Å². The van der Waals surface area contributed by atoms with Gasteiger partial charge in [0.1, 0.15) is 5.69 Å². The van der Waals surface area contributed by atoms with Gasteiger partial charge in [-0.25, -0.2) is 4.98 Å². The maximum absolute atomic E-state index is 13.0. The van der Waals surface area contributed by atoms with Crippen LogP contribution < -0.4 is 10.6 Å². The van der Waals surface area contributed by atoms with Crippen molar-refractivity contribution in [1.82, 2.24) is 25.1 Å². The molecule has 0 radical (unpaired) electrons. The van der Waals surface area contributed by atoms with Gasteiger partial charge in [0.2, 0.25) is 0 Å². The highest BCUT2D eigenvalue weighted by Gasteiger charge is 2.33. The Balaban J connectivity index is 1.21. The van der Waals surface area contributed by atoms with Gasteiger partial charge in [-0.05, 0) is 23.6 Å². The molecule has 4 heterocycles. The molecule has 0 aliphatic carbocycles. The van der Waals surface area contributed by atoms with Gasteiger partial charge in [0, 0.05) is 48.6 Å². The average Bonchev–Trinajstić information content (AvgIpc) is 3.46. The van der Waals surface area contributed by atoms with E-state index in [9.17, 15) is 4.79 Å². The first-order chi connectivity index (χ1) is 16.7. The number of amides is 1. The Morgan fingerprint density at radius 3 is 2.76 bits per heavy atom. The van der Waals surface area contributed by atoms with Crippen LogP contribution in [-0.2, 0) is 0 Å². The Hall–Kier alpha value is -3.01. The van der Waals surface area contributed by atoms with Gasteiger partial charge in [-0.15, -0.1) is 0 Å². The Morgan fingerprint density at radius 2 is 1.88 bits per heavy atom. The molecule has 1 aromatic heterocycles. The van der Waals surface area contributed by atoms with Crippen molar-refractivity contribution in [2.24, 2.45) is 0 Å². The maximum atomic E-state index is 13.0. The topological polar surface area (TPSA) is 73.4 Å². The molecule has 2 aromatic carbocycles. The number of rotatable bonds is 5. The zero-order chi connectivity index (χ0) is 22.9. The fourth-order valence-corrected chi connectivity index (χ4v) is 6.30. The van der Waals surface area contributed by atoms with E-state index in [1.165, 1.54) is 23.4 Å². The van der Waals surface area contributed by atoms with Gasteiger partial charge >= 0.3 is 0 Å². The SMILES string of the molecule is O=C(Nc1ccccc1C1=CN2C(CN3CCSCC3)=CSC2N1)c1cnc2ccccc2n1. The summed E-state index contributed by atoms with van der Waals surface area (Å²) in [6.45, 7) is 3.25. The average molecular weight is 489 g/mol. The van der Waals surface area contributed by atoms with Crippen LogP contribution in [0, 0.1) is 0 Å². The van der Waals surface area contributed by atoms with E-state index >= 15 is 0 Å². The van der Waals surface area contributed by atoms with Crippen LogP contribution in [0.25, 0.3) is 16.7 Å². The van der Waals surface area contributed by atoms with Crippen molar-refractivity contribution >= 4 is 51.8 Å². The van der Waals surface area contributed by atoms with Crippen LogP contribution >= 0.6 is 23.5 Å². The number of hydrogen-bond donors (Lipinski definition) is 2. The number of benzene rings is 2. The van der Waals surface area contributed by atoms with E-state index < -0.39 is 0 Å². The number of anilines is 1. The highest BCUT2D eigenvalue weighted by molar-refractivity contribution is 8.02. The number of nitrogens with one attached hydrogen (secondary N) is 2. The fourth-order valence-electron chi connectivity index (χ4n) is 4.32. The zero-order valence-corrected chi connectivity index (χ0v) is 20.1. The smallest absolute Gasteiger partial charge is 0.275 e. The van der Waals surface area contributed by atoms with Crippen LogP contribution in [0.3, 0.4) is 0 Å². The Kier molecular flexibility index (Phi) is 5.90. The minimum atomic E-state index is -0.275. The second-order valence-electron chi connectivity index (χ2n) is 8.32. The number of nitrogens with zero attached hydrogens (tertiary/aromatic N) is 4. The Morgan fingerprint density at radius 1 is 1.09 bits per heavy atom. The Bertz CT molecular complexity index is 1300. The number of hydrogen-bond acceptors (Lipinski definition) is 8. The molecule has 3 aliphatic rings. The molecule has 6 rings (SSSR count). The molecule has 0 bridgehead atoms. The summed E-state index contributed by atoms with van der Waals surface area (Å²) in [6.07, 6.45) is 3.69. The van der Waals surface area contributed by atoms with Crippen molar-refractivity contribution in [3.8, 4) is 0 Å². The summed E-state index contributed by atoms with van der Waals surface area (Å²) in [5, 5.41) is 8.91. The highest BCUT2D eigenvalue weighted by Crippen LogP contribution is 2.38. The lowest BCUT2D eigenvalue weighted by Gasteiger charge is -2.29. The quantitative estimate of drug-likeness (QED) is 0.558. The lowest BCUT2D eigenvalue weighted by Crippen LogP contribution is -2.37. The molecule has 1 amide bonds. The lowest BCUT2D eigenvalue weighted by atomic mass is 10.1. The van der Waals surface area contributed by atoms with Crippen LogP contribution in [0.4, 0.5) is 5.69 Å². The molecule has 1 unspecified atom stereocenters. The summed E-state index contributed by atoms with van der Waals surface area (Å²) in [7, 11) is 0. The van der Waals surface area contributed by atoms with Gasteiger partial charge in [0.25, 0.3) is 5.91 Å². The van der Waals surface area contributed by atoms with Crippen LogP contribution in [0.5, 0.6) is 0 Å². The molecule has 3 aromatic rings. The first-order valence-corrected chi connectivity index (χ1v) is 13.4. The largest absolute Gasteiger partial charge is 0.354 e. The lowest BCUT2D eigenvalue weighted by molar-refractivity contribution is 0.102. The standard InChI is InChI=1S/C25H24N6OS2/c32-24(22-13-26-20-7-3-4-8-21(20)27-22)28-19-6-2-1-5-18(19)23-15-31-17(16-34-25(31)29-23)14-30-9-11-33-12-10-30/h1-8,13,15-16,25,29H,9-12,14H2,(H,28,32). The van der Waals surface area contributed by atoms with Gasteiger partial charge in [-0.2, -0.15) is 11.8 Å². The molecule has 172 valence electrons. The monoisotopic (exact) mass is 488 g/mol. The van der Waals surface area contributed by atoms with Gasteiger partial charge < -0.3 is 15.5 Å². The number of thioether (sulfide) groups is 2. The molecule has 7 nitrogen and oxygen atoms in total. The second-order valence-corrected chi connectivity index (χ2v) is 10.5. The van der Waals surface area contributed by atoms with Crippen LogP contribution in [0.2, 0.25) is 0 Å². The number of fused-ring (bicyclic) bond motifs is 2. The summed E-state index contributed by atoms with van der Waals surface area (Å²) in [5.41, 5.74) is 5.93. The normalized spacial score (nSPS) is 20.0. The van der Waals surface area contributed by atoms with E-state index in [-0.39, 0.29) is 11.4 Å². The van der Waals surface area contributed by atoms with E-state index in [0.29, 0.717) is 11.2 Å². The van der Waals surface area contributed by atoms with Gasteiger partial charge in [0.05, 0.1) is 28.6 Å². The third kappa shape index (κ3) is 4.26. The third-order valence-electron chi connectivity index (χ3n) is 6.10. The van der Waals surface area contributed by atoms with Crippen molar-refractivity contribution < 1.29 is 4.79 Å².